The Hall–Kier alpha value is -1.62. The number of hydrogen-bond donors (Lipinski definition) is 0. The number of carbonyl (C=O) groups is 1. The largest absolute Gasteiger partial charge is 0.494 e. The molecule has 0 unspecified atom stereocenters. The number of halogens is 1. The summed E-state index contributed by atoms with van der Waals surface area (Å²) in [7, 11) is 1.62. The summed E-state index contributed by atoms with van der Waals surface area (Å²) >= 11 is 3.45. The van der Waals surface area contributed by atoms with Crippen LogP contribution < -0.4 is 9.64 Å². The third kappa shape index (κ3) is 2.08. The molecule has 2 heterocycles. The molecule has 1 aliphatic rings. The average molecular weight is 321 g/mol. The lowest BCUT2D eigenvalue weighted by atomic mass is 10.2. The molecule has 1 aliphatic heterocycles. The predicted molar refractivity (Wildman–Crippen MR) is 77.6 cm³/mol. The van der Waals surface area contributed by atoms with Crippen LogP contribution in [0.25, 0.3) is 10.9 Å². The van der Waals surface area contributed by atoms with Gasteiger partial charge in [-0.3, -0.25) is 9.78 Å². The molecule has 5 heteroatoms. The summed E-state index contributed by atoms with van der Waals surface area (Å²) in [6.45, 7) is 0.733. The number of aromatic nitrogens is 1. The molecular formula is C14H13BrN2O2. The molecule has 1 aromatic carbocycles. The van der Waals surface area contributed by atoms with E-state index in [0.717, 1.165) is 34.0 Å². The first-order valence-electron chi connectivity index (χ1n) is 6.13. The Kier molecular flexibility index (Phi) is 3.14. The van der Waals surface area contributed by atoms with Gasteiger partial charge in [-0.15, -0.1) is 0 Å². The molecule has 3 rings (SSSR count). The number of amides is 1. The van der Waals surface area contributed by atoms with Gasteiger partial charge in [0.2, 0.25) is 5.91 Å². The van der Waals surface area contributed by atoms with Crippen molar-refractivity contribution in [1.29, 1.82) is 0 Å². The molecule has 0 radical (unpaired) electrons. The Labute approximate surface area is 119 Å². The van der Waals surface area contributed by atoms with Crippen LogP contribution in [-0.2, 0) is 4.79 Å². The minimum atomic E-state index is 0.134. The smallest absolute Gasteiger partial charge is 0.227 e. The van der Waals surface area contributed by atoms with Crippen LogP contribution in [0.5, 0.6) is 5.75 Å². The van der Waals surface area contributed by atoms with E-state index in [-0.39, 0.29) is 5.91 Å². The molecule has 0 spiro atoms. The Bertz CT molecular complexity index is 657. The van der Waals surface area contributed by atoms with Crippen molar-refractivity contribution < 1.29 is 9.53 Å². The molecule has 0 bridgehead atoms. The number of ether oxygens (including phenoxy) is 1. The first kappa shape index (κ1) is 12.4. The van der Waals surface area contributed by atoms with E-state index in [0.29, 0.717) is 12.2 Å². The molecule has 4 nitrogen and oxygen atoms in total. The third-order valence-corrected chi connectivity index (χ3v) is 3.82. The maximum absolute atomic E-state index is 11.9. The van der Waals surface area contributed by atoms with Crippen molar-refractivity contribution in [2.24, 2.45) is 0 Å². The zero-order chi connectivity index (χ0) is 13.4. The second-order valence-corrected chi connectivity index (χ2v) is 5.40. The van der Waals surface area contributed by atoms with E-state index in [1.165, 1.54) is 0 Å². The van der Waals surface area contributed by atoms with Gasteiger partial charge in [0.05, 0.1) is 18.8 Å². The summed E-state index contributed by atoms with van der Waals surface area (Å²) in [5.74, 6) is 0.844. The van der Waals surface area contributed by atoms with Crippen molar-refractivity contribution in [3.63, 3.8) is 0 Å². The van der Waals surface area contributed by atoms with Crippen LogP contribution in [0.2, 0.25) is 0 Å². The van der Waals surface area contributed by atoms with Gasteiger partial charge in [-0.1, -0.05) is 15.9 Å². The topological polar surface area (TPSA) is 42.4 Å². The van der Waals surface area contributed by atoms with Crippen LogP contribution in [-0.4, -0.2) is 24.5 Å². The van der Waals surface area contributed by atoms with Gasteiger partial charge in [-0.05, 0) is 24.6 Å². The molecule has 0 aliphatic carbocycles. The van der Waals surface area contributed by atoms with Gasteiger partial charge in [-0.2, -0.15) is 0 Å². The van der Waals surface area contributed by atoms with Crippen LogP contribution in [0.4, 0.5) is 5.69 Å². The Balaban J connectivity index is 2.22. The van der Waals surface area contributed by atoms with Gasteiger partial charge in [0.25, 0.3) is 0 Å². The van der Waals surface area contributed by atoms with Crippen LogP contribution in [0, 0.1) is 0 Å². The summed E-state index contributed by atoms with van der Waals surface area (Å²) in [5, 5.41) is 0.911. The molecular weight excluding hydrogens is 308 g/mol. The number of fused-ring (bicyclic) bond motifs is 1. The molecule has 0 atom stereocenters. The summed E-state index contributed by atoms with van der Waals surface area (Å²) in [6, 6.07) is 5.83. The fraction of sp³-hybridized carbons (Fsp3) is 0.286. The third-order valence-electron chi connectivity index (χ3n) is 3.33. The minimum absolute atomic E-state index is 0.134. The number of methoxy groups -OCH3 is 1. The normalized spacial score (nSPS) is 15.3. The number of benzene rings is 1. The summed E-state index contributed by atoms with van der Waals surface area (Å²) in [6.07, 6.45) is 3.20. The van der Waals surface area contributed by atoms with E-state index in [9.17, 15) is 4.79 Å². The van der Waals surface area contributed by atoms with E-state index in [1.54, 1.807) is 18.2 Å². The molecule has 2 aromatic rings. The van der Waals surface area contributed by atoms with E-state index in [2.05, 4.69) is 20.9 Å². The standard InChI is InChI=1S/C14H13BrN2O2/c1-19-14-10-7-9(15)4-5-11(10)16-8-12(14)17-6-2-3-13(17)18/h4-5,7-8H,2-3,6H2,1H3. The minimum Gasteiger partial charge on any atom is -0.494 e. The molecule has 0 N–H and O–H groups in total. The van der Waals surface area contributed by atoms with Gasteiger partial charge in [0, 0.05) is 22.8 Å². The lowest BCUT2D eigenvalue weighted by molar-refractivity contribution is -0.117. The molecule has 1 saturated heterocycles. The predicted octanol–water partition coefficient (Wildman–Crippen LogP) is 3.13. The number of rotatable bonds is 2. The van der Waals surface area contributed by atoms with E-state index in [1.807, 2.05) is 18.2 Å². The Morgan fingerprint density at radius 2 is 2.26 bits per heavy atom. The van der Waals surface area contributed by atoms with Crippen LogP contribution >= 0.6 is 15.9 Å². The highest BCUT2D eigenvalue weighted by Crippen LogP contribution is 2.37. The Morgan fingerprint density at radius 1 is 1.42 bits per heavy atom. The first-order chi connectivity index (χ1) is 9.20. The van der Waals surface area contributed by atoms with E-state index in [4.69, 9.17) is 4.74 Å². The number of anilines is 1. The second kappa shape index (κ2) is 4.81. The highest BCUT2D eigenvalue weighted by atomic mass is 79.9. The monoisotopic (exact) mass is 320 g/mol. The molecule has 1 aromatic heterocycles. The van der Waals surface area contributed by atoms with E-state index < -0.39 is 0 Å². The van der Waals surface area contributed by atoms with Gasteiger partial charge in [0.15, 0.2) is 5.75 Å². The lowest BCUT2D eigenvalue weighted by Gasteiger charge is -2.19. The highest BCUT2D eigenvalue weighted by molar-refractivity contribution is 9.10. The molecule has 1 fully saturated rings. The lowest BCUT2D eigenvalue weighted by Crippen LogP contribution is -2.24. The number of hydrogen-bond acceptors (Lipinski definition) is 3. The van der Waals surface area contributed by atoms with Gasteiger partial charge in [-0.25, -0.2) is 0 Å². The number of carbonyl (C=O) groups excluding carboxylic acids is 1. The van der Waals surface area contributed by atoms with Crippen LogP contribution in [0.1, 0.15) is 12.8 Å². The maximum Gasteiger partial charge on any atom is 0.227 e. The zero-order valence-electron chi connectivity index (χ0n) is 10.5. The van der Waals surface area contributed by atoms with Crippen LogP contribution in [0.15, 0.2) is 28.9 Å². The fourth-order valence-electron chi connectivity index (χ4n) is 2.44. The van der Waals surface area contributed by atoms with Crippen molar-refractivity contribution >= 4 is 38.4 Å². The molecule has 1 amide bonds. The second-order valence-electron chi connectivity index (χ2n) is 4.49. The van der Waals surface area contributed by atoms with Crippen molar-refractivity contribution in [3.05, 3.63) is 28.9 Å². The van der Waals surface area contributed by atoms with Crippen molar-refractivity contribution in [2.45, 2.75) is 12.8 Å². The van der Waals surface area contributed by atoms with Crippen molar-refractivity contribution in [3.8, 4) is 5.75 Å². The van der Waals surface area contributed by atoms with Crippen molar-refractivity contribution in [2.75, 3.05) is 18.6 Å². The van der Waals surface area contributed by atoms with Crippen molar-refractivity contribution in [1.82, 2.24) is 4.98 Å². The van der Waals surface area contributed by atoms with Gasteiger partial charge >= 0.3 is 0 Å². The number of pyridine rings is 1. The average Bonchev–Trinajstić information content (AvgIpc) is 2.83. The quantitative estimate of drug-likeness (QED) is 0.853. The zero-order valence-corrected chi connectivity index (χ0v) is 12.1. The number of nitrogens with zero attached hydrogens (tertiary/aromatic N) is 2. The maximum atomic E-state index is 11.9. The van der Waals surface area contributed by atoms with Gasteiger partial charge < -0.3 is 9.64 Å². The van der Waals surface area contributed by atoms with Gasteiger partial charge in [0.1, 0.15) is 5.69 Å². The molecule has 98 valence electrons. The van der Waals surface area contributed by atoms with Crippen LogP contribution in [0.3, 0.4) is 0 Å². The SMILES string of the molecule is COc1c(N2CCCC2=O)cnc2ccc(Br)cc12. The molecule has 0 saturated carbocycles. The first-order valence-corrected chi connectivity index (χ1v) is 6.92. The fourth-order valence-corrected chi connectivity index (χ4v) is 2.80. The Morgan fingerprint density at radius 3 is 2.95 bits per heavy atom. The summed E-state index contributed by atoms with van der Waals surface area (Å²) in [4.78, 5) is 18.1. The highest BCUT2D eigenvalue weighted by Gasteiger charge is 2.25. The summed E-state index contributed by atoms with van der Waals surface area (Å²) < 4.78 is 6.48. The summed E-state index contributed by atoms with van der Waals surface area (Å²) in [5.41, 5.74) is 1.62. The molecule has 19 heavy (non-hydrogen) atoms. The van der Waals surface area contributed by atoms with E-state index >= 15 is 0 Å².